The summed E-state index contributed by atoms with van der Waals surface area (Å²) in [6, 6.07) is 5.95. The number of likely N-dealkylation sites (tertiary alicyclic amines) is 1. The molecule has 2 aliphatic rings. The van der Waals surface area contributed by atoms with Gasteiger partial charge in [0.25, 0.3) is 5.91 Å². The van der Waals surface area contributed by atoms with Gasteiger partial charge >= 0.3 is 11.8 Å². The summed E-state index contributed by atoms with van der Waals surface area (Å²) in [5, 5.41) is 3.03. The molecule has 2 amide bonds. The summed E-state index contributed by atoms with van der Waals surface area (Å²) in [5.41, 5.74) is 1.12. The minimum atomic E-state index is -0.531. The maximum Gasteiger partial charge on any atom is 0.407 e. The molecule has 1 aromatic carbocycles. The number of aromatic nitrogens is 3. The summed E-state index contributed by atoms with van der Waals surface area (Å²) in [6.07, 6.45) is 9.93. The predicted molar refractivity (Wildman–Crippen MR) is 177 cm³/mol. The number of alkyl carbamates (subject to hydrolysis) is 1. The zero-order valence-corrected chi connectivity index (χ0v) is 28.1. The number of pyridine rings is 1. The van der Waals surface area contributed by atoms with Crippen LogP contribution in [0.25, 0.3) is 16.7 Å². The molecule has 0 atom stereocenters. The van der Waals surface area contributed by atoms with Crippen molar-refractivity contribution in [3.63, 3.8) is 0 Å². The zero-order valence-electron chi connectivity index (χ0n) is 28.1. The number of halogens is 1. The third-order valence-electron chi connectivity index (χ3n) is 9.54. The van der Waals surface area contributed by atoms with Crippen LogP contribution in [0, 0.1) is 11.7 Å². The summed E-state index contributed by atoms with van der Waals surface area (Å²) >= 11 is 0. The predicted octanol–water partition coefficient (Wildman–Crippen LogP) is 5.92. The topological polar surface area (TPSA) is 102 Å². The number of hydrogen-bond donors (Lipinski definition) is 1. The van der Waals surface area contributed by atoms with Crippen LogP contribution >= 0.6 is 0 Å². The molecule has 11 heteroatoms. The molecule has 0 bridgehead atoms. The molecule has 1 N–H and O–H groups in total. The second kappa shape index (κ2) is 13.9. The fraction of sp³-hybridized carbons (Fsp3) is 0.600. The number of carbonyl (C=O) groups is 2. The van der Waals surface area contributed by atoms with E-state index >= 15 is 0 Å². The van der Waals surface area contributed by atoms with Gasteiger partial charge in [-0.05, 0) is 116 Å². The molecule has 1 saturated carbocycles. The Hall–Kier alpha value is -3.73. The molecule has 1 aliphatic heterocycles. The van der Waals surface area contributed by atoms with Gasteiger partial charge in [-0.1, -0.05) is 0 Å². The lowest BCUT2D eigenvalue weighted by atomic mass is 9.84. The first kappa shape index (κ1) is 33.6. The third kappa shape index (κ3) is 7.62. The first-order valence-corrected chi connectivity index (χ1v) is 16.7. The smallest absolute Gasteiger partial charge is 0.407 e. The molecule has 10 nitrogen and oxygen atoms in total. The SMILES string of the molecule is CC(C)N(C)C(=O)c1cc(F)ccc1-n1c(=O)n(C2CCN(CC[C@H]3CC[C@H](NC(=O)OC(C)(C)C)CC3)CC2)c2ccncc21. The Morgan fingerprint density at radius 1 is 1.07 bits per heavy atom. The minimum Gasteiger partial charge on any atom is -0.444 e. The van der Waals surface area contributed by atoms with E-state index in [2.05, 4.69) is 15.2 Å². The third-order valence-corrected chi connectivity index (χ3v) is 9.54. The van der Waals surface area contributed by atoms with E-state index in [1.165, 1.54) is 22.8 Å². The van der Waals surface area contributed by atoms with E-state index < -0.39 is 11.4 Å². The first-order chi connectivity index (χ1) is 21.8. The largest absolute Gasteiger partial charge is 0.444 e. The van der Waals surface area contributed by atoms with Crippen molar-refractivity contribution in [2.75, 3.05) is 26.7 Å². The van der Waals surface area contributed by atoms with Crippen LogP contribution in [-0.2, 0) is 4.74 Å². The zero-order chi connectivity index (χ0) is 33.2. The van der Waals surface area contributed by atoms with Crippen molar-refractivity contribution in [2.45, 2.75) is 103 Å². The fourth-order valence-electron chi connectivity index (χ4n) is 6.79. The number of benzene rings is 1. The summed E-state index contributed by atoms with van der Waals surface area (Å²) in [6.45, 7) is 12.2. The Balaban J connectivity index is 1.24. The maximum atomic E-state index is 14.4. The highest BCUT2D eigenvalue weighted by atomic mass is 19.1. The number of fused-ring (bicyclic) bond motifs is 1. The lowest BCUT2D eigenvalue weighted by Gasteiger charge is -2.35. The van der Waals surface area contributed by atoms with Crippen LogP contribution in [0.2, 0.25) is 0 Å². The van der Waals surface area contributed by atoms with E-state index in [1.54, 1.807) is 24.3 Å². The van der Waals surface area contributed by atoms with Gasteiger partial charge in [0.1, 0.15) is 11.4 Å². The summed E-state index contributed by atoms with van der Waals surface area (Å²) in [7, 11) is 1.68. The van der Waals surface area contributed by atoms with Crippen molar-refractivity contribution in [3.8, 4) is 5.69 Å². The van der Waals surface area contributed by atoms with Crippen LogP contribution < -0.4 is 11.0 Å². The molecule has 3 heterocycles. The van der Waals surface area contributed by atoms with E-state index in [4.69, 9.17) is 4.74 Å². The Morgan fingerprint density at radius 3 is 2.41 bits per heavy atom. The quantitative estimate of drug-likeness (QED) is 0.330. The van der Waals surface area contributed by atoms with E-state index in [0.717, 1.165) is 70.1 Å². The van der Waals surface area contributed by atoms with Crippen molar-refractivity contribution in [3.05, 3.63) is 58.5 Å². The molecule has 1 saturated heterocycles. The Bertz CT molecular complexity index is 1590. The van der Waals surface area contributed by atoms with Gasteiger partial charge in [-0.3, -0.25) is 18.9 Å². The lowest BCUT2D eigenvalue weighted by Crippen LogP contribution is -2.41. The number of nitrogens with zero attached hydrogens (tertiary/aromatic N) is 5. The number of piperidine rings is 1. The van der Waals surface area contributed by atoms with Crippen LogP contribution in [0.4, 0.5) is 9.18 Å². The number of hydrogen-bond acceptors (Lipinski definition) is 6. The van der Waals surface area contributed by atoms with Crippen molar-refractivity contribution in [2.24, 2.45) is 5.92 Å². The number of imidazole rings is 1. The van der Waals surface area contributed by atoms with Gasteiger partial charge in [0, 0.05) is 44.5 Å². The van der Waals surface area contributed by atoms with Crippen LogP contribution in [0.15, 0.2) is 41.5 Å². The summed E-state index contributed by atoms with van der Waals surface area (Å²) in [5.74, 6) is -0.232. The Labute approximate surface area is 270 Å². The molecule has 2 aromatic heterocycles. The van der Waals surface area contributed by atoms with E-state index in [0.29, 0.717) is 17.1 Å². The van der Waals surface area contributed by atoms with Crippen molar-refractivity contribution >= 4 is 23.0 Å². The first-order valence-electron chi connectivity index (χ1n) is 16.7. The highest BCUT2D eigenvalue weighted by molar-refractivity contribution is 5.98. The second-order valence-electron chi connectivity index (χ2n) is 14.2. The van der Waals surface area contributed by atoms with Crippen molar-refractivity contribution in [1.82, 2.24) is 29.2 Å². The Morgan fingerprint density at radius 2 is 1.76 bits per heavy atom. The maximum absolute atomic E-state index is 14.4. The summed E-state index contributed by atoms with van der Waals surface area (Å²) in [4.78, 5) is 48.0. The van der Waals surface area contributed by atoms with Crippen LogP contribution in [0.1, 0.15) is 96.0 Å². The van der Waals surface area contributed by atoms with E-state index in [9.17, 15) is 18.8 Å². The minimum absolute atomic E-state index is 0.00204. The number of carbonyl (C=O) groups excluding carboxylic acids is 2. The van der Waals surface area contributed by atoms with Gasteiger partial charge in [0.2, 0.25) is 0 Å². The number of rotatable bonds is 8. The standard InChI is InChI=1S/C35H49FN6O4/c1-23(2)39(6)32(43)28-21-25(36)9-12-29(28)42-31-22-37-17-13-30(31)41(34(42)45)27-15-19-40(20-16-27)18-14-24-7-10-26(11-8-24)38-33(44)46-35(3,4)5/h9,12-13,17,21-24,26-27H,7-8,10-11,14-16,18-20H2,1-6H3,(H,38,44)/t24-,26-. The van der Waals surface area contributed by atoms with E-state index in [1.807, 2.05) is 45.3 Å². The molecular formula is C35H49FN6O4. The average molecular weight is 637 g/mol. The van der Waals surface area contributed by atoms with Crippen molar-refractivity contribution in [1.29, 1.82) is 0 Å². The van der Waals surface area contributed by atoms with Gasteiger partial charge in [-0.2, -0.15) is 0 Å². The van der Waals surface area contributed by atoms with E-state index in [-0.39, 0.29) is 41.4 Å². The van der Waals surface area contributed by atoms with Crippen LogP contribution in [-0.4, -0.2) is 80.3 Å². The van der Waals surface area contributed by atoms with Crippen LogP contribution in [0.3, 0.4) is 0 Å². The molecule has 5 rings (SSSR count). The second-order valence-corrected chi connectivity index (χ2v) is 14.2. The Kier molecular flexibility index (Phi) is 10.2. The number of amides is 2. The average Bonchev–Trinajstić information content (AvgIpc) is 3.30. The molecule has 0 unspecified atom stereocenters. The van der Waals surface area contributed by atoms with Gasteiger partial charge < -0.3 is 19.9 Å². The molecule has 1 aliphatic carbocycles. The van der Waals surface area contributed by atoms with Gasteiger partial charge in [-0.25, -0.2) is 14.0 Å². The molecule has 46 heavy (non-hydrogen) atoms. The fourth-order valence-corrected chi connectivity index (χ4v) is 6.79. The summed E-state index contributed by atoms with van der Waals surface area (Å²) < 4.78 is 23.2. The molecule has 2 fully saturated rings. The molecule has 0 radical (unpaired) electrons. The highest BCUT2D eigenvalue weighted by Crippen LogP contribution is 2.31. The van der Waals surface area contributed by atoms with Gasteiger partial charge in [0.05, 0.1) is 28.5 Å². The van der Waals surface area contributed by atoms with Gasteiger partial charge in [0.15, 0.2) is 0 Å². The molecular weight excluding hydrogens is 587 g/mol. The molecule has 0 spiro atoms. The molecule has 250 valence electrons. The molecule has 3 aromatic rings. The number of ether oxygens (including phenoxy) is 1. The van der Waals surface area contributed by atoms with Gasteiger partial charge in [-0.15, -0.1) is 0 Å². The van der Waals surface area contributed by atoms with Crippen LogP contribution in [0.5, 0.6) is 0 Å². The van der Waals surface area contributed by atoms with Crippen molar-refractivity contribution < 1.29 is 18.7 Å². The lowest BCUT2D eigenvalue weighted by molar-refractivity contribution is 0.0485. The highest BCUT2D eigenvalue weighted by Gasteiger charge is 2.29. The monoisotopic (exact) mass is 636 g/mol. The normalized spacial score (nSPS) is 19.8. The number of nitrogens with one attached hydrogen (secondary N) is 1.